The highest BCUT2D eigenvalue weighted by Crippen LogP contribution is 2.63. The van der Waals surface area contributed by atoms with Crippen LogP contribution in [0.3, 0.4) is 0 Å². The minimum absolute atomic E-state index is 0.0347. The minimum Gasteiger partial charge on any atom is -0.467 e. The van der Waals surface area contributed by atoms with E-state index >= 15 is 0 Å². The van der Waals surface area contributed by atoms with Crippen LogP contribution in [0.4, 0.5) is 0 Å². The number of benzene rings is 1. The maximum atomic E-state index is 12.0. The fraction of sp³-hybridized carbons (Fsp3) is 0.467. The van der Waals surface area contributed by atoms with Crippen LogP contribution < -0.4 is 0 Å². The molecule has 0 N–H and O–H groups in total. The highest BCUT2D eigenvalue weighted by Gasteiger charge is 2.65. The van der Waals surface area contributed by atoms with Crippen molar-refractivity contribution in [2.75, 3.05) is 7.11 Å². The van der Waals surface area contributed by atoms with Gasteiger partial charge in [-0.3, -0.25) is 4.99 Å². The fourth-order valence-electron chi connectivity index (χ4n) is 2.84. The summed E-state index contributed by atoms with van der Waals surface area (Å²) in [4.78, 5) is 16.6. The third-order valence-electron chi connectivity index (χ3n) is 4.03. The largest absolute Gasteiger partial charge is 0.467 e. The van der Waals surface area contributed by atoms with Crippen molar-refractivity contribution >= 4 is 22.8 Å². The molecule has 100 valence electrons. The number of hydrogen-bond donors (Lipinski definition) is 0. The second-order valence-electron chi connectivity index (χ2n) is 5.09. The number of hydrogen-bond acceptors (Lipinski definition) is 4. The van der Waals surface area contributed by atoms with Crippen LogP contribution in [-0.2, 0) is 9.53 Å². The molecule has 4 heteroatoms. The number of thioether (sulfide) groups is 1. The number of rotatable bonds is 3. The Morgan fingerprint density at radius 3 is 2.79 bits per heavy atom. The maximum Gasteiger partial charge on any atom is 0.332 e. The van der Waals surface area contributed by atoms with Crippen LogP contribution in [-0.4, -0.2) is 28.9 Å². The van der Waals surface area contributed by atoms with Gasteiger partial charge >= 0.3 is 5.97 Å². The highest BCUT2D eigenvalue weighted by molar-refractivity contribution is 8.16. The third kappa shape index (κ3) is 1.98. The van der Waals surface area contributed by atoms with Crippen molar-refractivity contribution in [2.24, 2.45) is 10.9 Å². The van der Waals surface area contributed by atoms with E-state index in [4.69, 9.17) is 4.74 Å². The second kappa shape index (κ2) is 4.67. The second-order valence-corrected chi connectivity index (χ2v) is 6.44. The zero-order chi connectivity index (χ0) is 13.5. The normalized spacial score (nSPS) is 32.2. The molecule has 0 amide bonds. The number of nitrogens with zero attached hydrogens (tertiary/aromatic N) is 1. The average molecular weight is 275 g/mol. The van der Waals surface area contributed by atoms with E-state index < -0.39 is 0 Å². The quantitative estimate of drug-likeness (QED) is 0.796. The smallest absolute Gasteiger partial charge is 0.332 e. The predicted octanol–water partition coefficient (Wildman–Crippen LogP) is 2.89. The molecule has 1 fully saturated rings. The number of carbonyl (C=O) groups excluding carboxylic acids is 1. The van der Waals surface area contributed by atoms with Gasteiger partial charge < -0.3 is 4.74 Å². The molecular formula is C15H17NO2S. The number of methoxy groups -OCH3 is 1. The van der Waals surface area contributed by atoms with Gasteiger partial charge in [-0.15, -0.1) is 0 Å². The molecule has 3 atom stereocenters. The Labute approximate surface area is 117 Å². The molecule has 3 unspecified atom stereocenters. The van der Waals surface area contributed by atoms with Gasteiger partial charge in [0.1, 0.15) is 0 Å². The summed E-state index contributed by atoms with van der Waals surface area (Å²) >= 11 is 1.77. The first-order chi connectivity index (χ1) is 9.21. The van der Waals surface area contributed by atoms with Crippen molar-refractivity contribution in [1.82, 2.24) is 0 Å². The molecule has 1 aromatic rings. The SMILES string of the molecule is CCC1CC12SC(c1ccccc1)=NC2C(=O)OC. The first kappa shape index (κ1) is 12.7. The van der Waals surface area contributed by atoms with E-state index in [-0.39, 0.29) is 16.8 Å². The van der Waals surface area contributed by atoms with Gasteiger partial charge in [-0.25, -0.2) is 4.79 Å². The number of aliphatic imine (C=N–C) groups is 1. The van der Waals surface area contributed by atoms with Crippen molar-refractivity contribution in [2.45, 2.75) is 30.6 Å². The summed E-state index contributed by atoms with van der Waals surface area (Å²) in [5.74, 6) is 0.376. The van der Waals surface area contributed by atoms with Crippen LogP contribution in [0.1, 0.15) is 25.3 Å². The molecule has 19 heavy (non-hydrogen) atoms. The molecule has 1 heterocycles. The van der Waals surface area contributed by atoms with E-state index in [0.29, 0.717) is 5.92 Å². The molecule has 3 nitrogen and oxygen atoms in total. The molecule has 2 aliphatic rings. The number of esters is 1. The lowest BCUT2D eigenvalue weighted by molar-refractivity contribution is -0.142. The van der Waals surface area contributed by atoms with Gasteiger partial charge in [-0.1, -0.05) is 55.4 Å². The zero-order valence-corrected chi connectivity index (χ0v) is 11.9. The Kier molecular flexibility index (Phi) is 3.13. The number of carbonyl (C=O) groups is 1. The lowest BCUT2D eigenvalue weighted by Gasteiger charge is -2.14. The van der Waals surface area contributed by atoms with Gasteiger partial charge in [0.05, 0.1) is 16.9 Å². The van der Waals surface area contributed by atoms with Crippen molar-refractivity contribution in [3.05, 3.63) is 35.9 Å². The molecule has 3 rings (SSSR count). The topological polar surface area (TPSA) is 38.7 Å². The third-order valence-corrected chi connectivity index (χ3v) is 5.67. The predicted molar refractivity (Wildman–Crippen MR) is 77.5 cm³/mol. The average Bonchev–Trinajstić information content (AvgIpc) is 3.02. The first-order valence-corrected chi connectivity index (χ1v) is 7.43. The molecular weight excluding hydrogens is 258 g/mol. The van der Waals surface area contributed by atoms with Crippen LogP contribution in [0.25, 0.3) is 0 Å². The molecule has 1 aromatic carbocycles. The van der Waals surface area contributed by atoms with Gasteiger partial charge in [0.25, 0.3) is 0 Å². The Morgan fingerprint density at radius 2 is 2.21 bits per heavy atom. The molecule has 1 aliphatic carbocycles. The molecule has 1 spiro atoms. The van der Waals surface area contributed by atoms with Crippen LogP contribution in [0.15, 0.2) is 35.3 Å². The highest BCUT2D eigenvalue weighted by atomic mass is 32.2. The van der Waals surface area contributed by atoms with E-state index in [0.717, 1.165) is 23.4 Å². The van der Waals surface area contributed by atoms with Gasteiger partial charge in [-0.05, 0) is 12.3 Å². The lowest BCUT2D eigenvalue weighted by Crippen LogP contribution is -2.31. The lowest BCUT2D eigenvalue weighted by atomic mass is 10.1. The Morgan fingerprint density at radius 1 is 1.47 bits per heavy atom. The van der Waals surface area contributed by atoms with Crippen LogP contribution in [0.2, 0.25) is 0 Å². The van der Waals surface area contributed by atoms with Crippen molar-refractivity contribution in [3.63, 3.8) is 0 Å². The summed E-state index contributed by atoms with van der Waals surface area (Å²) in [7, 11) is 1.44. The Hall–Kier alpha value is -1.29. The Balaban J connectivity index is 1.91. The summed E-state index contributed by atoms with van der Waals surface area (Å²) < 4.78 is 4.89. The molecule has 1 saturated carbocycles. The minimum atomic E-state index is -0.331. The molecule has 0 saturated heterocycles. The summed E-state index contributed by atoms with van der Waals surface area (Å²) in [5, 5.41) is 0.979. The van der Waals surface area contributed by atoms with Gasteiger partial charge in [-0.2, -0.15) is 0 Å². The van der Waals surface area contributed by atoms with E-state index in [1.165, 1.54) is 7.11 Å². The molecule has 1 aliphatic heterocycles. The maximum absolute atomic E-state index is 12.0. The van der Waals surface area contributed by atoms with E-state index in [1.54, 1.807) is 11.8 Å². The molecule has 0 aromatic heterocycles. The van der Waals surface area contributed by atoms with Crippen LogP contribution in [0, 0.1) is 5.92 Å². The molecule has 0 radical (unpaired) electrons. The van der Waals surface area contributed by atoms with E-state index in [1.807, 2.05) is 30.3 Å². The standard InChI is InChI=1S/C15H17NO2S/c1-3-11-9-15(11)12(14(17)18-2)16-13(19-15)10-7-5-4-6-8-10/h4-8,11-12H,3,9H2,1-2H3. The van der Waals surface area contributed by atoms with Gasteiger partial charge in [0.15, 0.2) is 6.04 Å². The van der Waals surface area contributed by atoms with E-state index in [2.05, 4.69) is 11.9 Å². The summed E-state index contributed by atoms with van der Waals surface area (Å²) in [6, 6.07) is 9.75. The summed E-state index contributed by atoms with van der Waals surface area (Å²) in [6.45, 7) is 2.18. The van der Waals surface area contributed by atoms with Crippen molar-refractivity contribution in [3.8, 4) is 0 Å². The van der Waals surface area contributed by atoms with Crippen LogP contribution in [0.5, 0.6) is 0 Å². The molecule has 0 bridgehead atoms. The van der Waals surface area contributed by atoms with Gasteiger partial charge in [0.2, 0.25) is 0 Å². The van der Waals surface area contributed by atoms with Gasteiger partial charge in [0, 0.05) is 5.56 Å². The van der Waals surface area contributed by atoms with E-state index in [9.17, 15) is 4.79 Å². The fourth-order valence-corrected chi connectivity index (χ4v) is 4.49. The van der Waals surface area contributed by atoms with Crippen molar-refractivity contribution < 1.29 is 9.53 Å². The van der Waals surface area contributed by atoms with Crippen LogP contribution >= 0.6 is 11.8 Å². The number of ether oxygens (including phenoxy) is 1. The summed E-state index contributed by atoms with van der Waals surface area (Å²) in [6.07, 6.45) is 2.16. The van der Waals surface area contributed by atoms with Crippen molar-refractivity contribution in [1.29, 1.82) is 0 Å². The summed E-state index contributed by atoms with van der Waals surface area (Å²) in [5.41, 5.74) is 1.10. The monoisotopic (exact) mass is 275 g/mol. The first-order valence-electron chi connectivity index (χ1n) is 6.61. The Bertz CT molecular complexity index is 528. The zero-order valence-electron chi connectivity index (χ0n) is 11.1.